The van der Waals surface area contributed by atoms with Crippen LogP contribution >= 0.6 is 11.3 Å². The molecule has 20 heavy (non-hydrogen) atoms. The second-order valence-corrected chi connectivity index (χ2v) is 5.47. The summed E-state index contributed by atoms with van der Waals surface area (Å²) in [5, 5.41) is 13.3. The van der Waals surface area contributed by atoms with Gasteiger partial charge < -0.3 is 14.7 Å². The molecule has 0 aliphatic heterocycles. The summed E-state index contributed by atoms with van der Waals surface area (Å²) in [5.74, 6) is 1.07. The minimum Gasteiger partial charge on any atom is -0.360 e. The highest BCUT2D eigenvalue weighted by molar-refractivity contribution is 7.07. The lowest BCUT2D eigenvalue weighted by atomic mass is 10.1. The van der Waals surface area contributed by atoms with Crippen molar-refractivity contribution in [2.24, 2.45) is 0 Å². The van der Waals surface area contributed by atoms with Gasteiger partial charge in [0.2, 0.25) is 0 Å². The van der Waals surface area contributed by atoms with E-state index in [1.807, 2.05) is 19.5 Å². The van der Waals surface area contributed by atoms with Crippen molar-refractivity contribution in [1.29, 1.82) is 0 Å². The molecule has 6 nitrogen and oxygen atoms in total. The molecule has 0 saturated heterocycles. The molecule has 2 rings (SSSR count). The Balaban J connectivity index is 1.88. The van der Waals surface area contributed by atoms with E-state index in [1.54, 1.807) is 24.3 Å². The second kappa shape index (κ2) is 6.53. The third-order valence-electron chi connectivity index (χ3n) is 2.88. The van der Waals surface area contributed by atoms with E-state index in [1.165, 1.54) is 5.56 Å². The average Bonchev–Trinajstić information content (AvgIpc) is 3.01. The third kappa shape index (κ3) is 3.82. The number of hydrogen-bond acceptors (Lipinski definition) is 5. The predicted molar refractivity (Wildman–Crippen MR) is 79.0 cm³/mol. The number of likely N-dealkylation sites (N-methyl/N-ethyl adjacent to an activating group) is 1. The van der Waals surface area contributed by atoms with Crippen molar-refractivity contribution in [3.8, 4) is 0 Å². The van der Waals surface area contributed by atoms with E-state index >= 15 is 0 Å². The fourth-order valence-corrected chi connectivity index (χ4v) is 2.55. The van der Waals surface area contributed by atoms with Crippen LogP contribution in [0.15, 0.2) is 27.4 Å². The van der Waals surface area contributed by atoms with Crippen LogP contribution in [-0.2, 0) is 0 Å². The van der Waals surface area contributed by atoms with Gasteiger partial charge in [-0.15, -0.1) is 0 Å². The van der Waals surface area contributed by atoms with Crippen LogP contribution in [0.2, 0.25) is 0 Å². The molecule has 0 fully saturated rings. The van der Waals surface area contributed by atoms with Crippen molar-refractivity contribution >= 4 is 23.2 Å². The van der Waals surface area contributed by atoms with Crippen LogP contribution < -0.4 is 10.6 Å². The summed E-state index contributed by atoms with van der Waals surface area (Å²) < 4.78 is 4.89. The number of thiophene rings is 1. The largest absolute Gasteiger partial charge is 0.360 e. The first-order valence-electron chi connectivity index (χ1n) is 6.23. The first-order valence-corrected chi connectivity index (χ1v) is 7.17. The molecule has 0 radical (unpaired) electrons. The summed E-state index contributed by atoms with van der Waals surface area (Å²) in [5.41, 5.74) is 1.19. The number of carbonyl (C=O) groups is 1. The average molecular weight is 294 g/mol. The minimum atomic E-state index is -0.291. The quantitative estimate of drug-likeness (QED) is 0.888. The molecule has 2 aromatic heterocycles. The van der Waals surface area contributed by atoms with Crippen LogP contribution in [0.3, 0.4) is 0 Å². The van der Waals surface area contributed by atoms with E-state index in [0.29, 0.717) is 18.1 Å². The fraction of sp³-hybridized carbons (Fsp3) is 0.385. The molecule has 0 aliphatic carbocycles. The number of aryl methyl sites for hydroxylation is 1. The Morgan fingerprint density at radius 1 is 1.55 bits per heavy atom. The Morgan fingerprint density at radius 2 is 2.35 bits per heavy atom. The van der Waals surface area contributed by atoms with Crippen LogP contribution in [0.5, 0.6) is 0 Å². The molecule has 0 aromatic carbocycles. The van der Waals surface area contributed by atoms with Gasteiger partial charge in [-0.2, -0.15) is 11.3 Å². The fourth-order valence-electron chi connectivity index (χ4n) is 1.84. The zero-order valence-corrected chi connectivity index (χ0v) is 12.5. The number of carbonyl (C=O) groups excluding carboxylic acids is 1. The van der Waals surface area contributed by atoms with Gasteiger partial charge in [0, 0.05) is 12.6 Å². The Kier molecular flexibility index (Phi) is 4.75. The van der Waals surface area contributed by atoms with Crippen LogP contribution in [0.25, 0.3) is 0 Å². The van der Waals surface area contributed by atoms with E-state index < -0.39 is 0 Å². The van der Waals surface area contributed by atoms with Gasteiger partial charge in [0.25, 0.3) is 0 Å². The van der Waals surface area contributed by atoms with Crippen molar-refractivity contribution in [2.75, 3.05) is 26.0 Å². The van der Waals surface area contributed by atoms with Gasteiger partial charge >= 0.3 is 6.03 Å². The van der Waals surface area contributed by atoms with Gasteiger partial charge in [0.1, 0.15) is 5.76 Å². The lowest BCUT2D eigenvalue weighted by Crippen LogP contribution is -2.36. The SMILES string of the molecule is Cc1cc(NC(=O)NCC(c2ccsc2)N(C)C)no1. The molecule has 0 saturated carbocycles. The van der Waals surface area contributed by atoms with Crippen molar-refractivity contribution in [3.05, 3.63) is 34.2 Å². The molecule has 0 bridgehead atoms. The summed E-state index contributed by atoms with van der Waals surface area (Å²) in [6, 6.07) is 3.59. The maximum Gasteiger partial charge on any atom is 0.320 e. The first-order chi connectivity index (χ1) is 9.56. The number of urea groups is 1. The second-order valence-electron chi connectivity index (χ2n) is 4.69. The highest BCUT2D eigenvalue weighted by Gasteiger charge is 2.16. The van der Waals surface area contributed by atoms with Gasteiger partial charge in [-0.25, -0.2) is 4.79 Å². The van der Waals surface area contributed by atoms with Crippen molar-refractivity contribution in [3.63, 3.8) is 0 Å². The smallest absolute Gasteiger partial charge is 0.320 e. The Labute approximate surface area is 121 Å². The normalized spacial score (nSPS) is 12.4. The highest BCUT2D eigenvalue weighted by atomic mass is 32.1. The molecular formula is C13H18N4O2S. The Morgan fingerprint density at radius 3 is 2.90 bits per heavy atom. The third-order valence-corrected chi connectivity index (χ3v) is 3.58. The number of anilines is 1. The molecular weight excluding hydrogens is 276 g/mol. The summed E-state index contributed by atoms with van der Waals surface area (Å²) in [6.45, 7) is 2.29. The molecule has 2 N–H and O–H groups in total. The molecule has 2 heterocycles. The lowest BCUT2D eigenvalue weighted by molar-refractivity contribution is 0.243. The van der Waals surface area contributed by atoms with Gasteiger partial charge in [-0.3, -0.25) is 5.32 Å². The van der Waals surface area contributed by atoms with Crippen molar-refractivity contribution < 1.29 is 9.32 Å². The number of aromatic nitrogens is 1. The van der Waals surface area contributed by atoms with Crippen LogP contribution in [-0.4, -0.2) is 36.7 Å². The summed E-state index contributed by atoms with van der Waals surface area (Å²) >= 11 is 1.65. The zero-order valence-electron chi connectivity index (χ0n) is 11.7. The molecule has 7 heteroatoms. The molecule has 0 aliphatic rings. The van der Waals surface area contributed by atoms with Gasteiger partial charge in [0.15, 0.2) is 5.82 Å². The van der Waals surface area contributed by atoms with E-state index in [0.717, 1.165) is 0 Å². The van der Waals surface area contributed by atoms with E-state index in [4.69, 9.17) is 4.52 Å². The van der Waals surface area contributed by atoms with Crippen LogP contribution in [0.1, 0.15) is 17.4 Å². The number of hydrogen-bond donors (Lipinski definition) is 2. The van der Waals surface area contributed by atoms with Crippen molar-refractivity contribution in [1.82, 2.24) is 15.4 Å². The Bertz CT molecular complexity index is 550. The minimum absolute atomic E-state index is 0.144. The van der Waals surface area contributed by atoms with E-state index in [-0.39, 0.29) is 12.1 Å². The number of rotatable bonds is 5. The topological polar surface area (TPSA) is 70.4 Å². The van der Waals surface area contributed by atoms with Gasteiger partial charge in [-0.1, -0.05) is 5.16 Å². The molecule has 2 aromatic rings. The monoisotopic (exact) mass is 294 g/mol. The summed E-state index contributed by atoms with van der Waals surface area (Å²) in [4.78, 5) is 13.9. The van der Waals surface area contributed by atoms with Crippen molar-refractivity contribution in [2.45, 2.75) is 13.0 Å². The molecule has 1 atom stereocenters. The first kappa shape index (κ1) is 14.5. The van der Waals surface area contributed by atoms with Gasteiger partial charge in [0.05, 0.1) is 6.04 Å². The summed E-state index contributed by atoms with van der Waals surface area (Å²) in [7, 11) is 3.98. The maximum atomic E-state index is 11.8. The molecule has 0 spiro atoms. The lowest BCUT2D eigenvalue weighted by Gasteiger charge is -2.23. The molecule has 108 valence electrons. The maximum absolute atomic E-state index is 11.8. The number of nitrogens with zero attached hydrogens (tertiary/aromatic N) is 2. The van der Waals surface area contributed by atoms with E-state index in [2.05, 4.69) is 32.1 Å². The highest BCUT2D eigenvalue weighted by Crippen LogP contribution is 2.19. The van der Waals surface area contributed by atoms with E-state index in [9.17, 15) is 4.79 Å². The zero-order chi connectivity index (χ0) is 14.5. The van der Waals surface area contributed by atoms with Crippen LogP contribution in [0, 0.1) is 6.92 Å². The molecule has 2 amide bonds. The van der Waals surface area contributed by atoms with Crippen LogP contribution in [0.4, 0.5) is 10.6 Å². The van der Waals surface area contributed by atoms with Gasteiger partial charge in [-0.05, 0) is 43.4 Å². The standard InChI is InChI=1S/C13H18N4O2S/c1-9-6-12(16-19-9)15-13(18)14-7-11(17(2)3)10-4-5-20-8-10/h4-6,8,11H,7H2,1-3H3,(H2,14,15,16,18). The number of amides is 2. The Hall–Kier alpha value is -1.86. The summed E-state index contributed by atoms with van der Waals surface area (Å²) in [6.07, 6.45) is 0. The molecule has 1 unspecified atom stereocenters. The predicted octanol–water partition coefficient (Wildman–Crippen LogP) is 2.47. The number of nitrogens with one attached hydrogen (secondary N) is 2.